The van der Waals surface area contributed by atoms with Crippen LogP contribution >= 0.6 is 11.3 Å². The van der Waals surface area contributed by atoms with Crippen molar-refractivity contribution in [2.75, 3.05) is 13.1 Å². The molecule has 0 saturated heterocycles. The number of fused-ring (bicyclic) bond motifs is 2. The van der Waals surface area contributed by atoms with Gasteiger partial charge < -0.3 is 9.80 Å². The maximum atomic E-state index is 13.8. The van der Waals surface area contributed by atoms with Gasteiger partial charge in [-0.15, -0.1) is 11.3 Å². The van der Waals surface area contributed by atoms with Crippen molar-refractivity contribution in [3.63, 3.8) is 0 Å². The van der Waals surface area contributed by atoms with E-state index in [1.807, 2.05) is 66.6 Å². The predicted octanol–water partition coefficient (Wildman–Crippen LogP) is 6.07. The van der Waals surface area contributed by atoms with Gasteiger partial charge in [-0.25, -0.2) is 4.39 Å². The van der Waals surface area contributed by atoms with E-state index in [1.54, 1.807) is 28.4 Å². The molecule has 35 heavy (non-hydrogen) atoms. The number of rotatable bonds is 5. The number of hydrogen-bond acceptors (Lipinski definition) is 3. The summed E-state index contributed by atoms with van der Waals surface area (Å²) in [6.07, 6.45) is 0.773. The van der Waals surface area contributed by atoms with Crippen LogP contribution in [0, 0.1) is 5.82 Å². The molecular weight excluding hydrogens is 459 g/mol. The Morgan fingerprint density at radius 1 is 1.03 bits per heavy atom. The molecule has 1 aliphatic heterocycles. The number of thiophene rings is 1. The minimum Gasteiger partial charge on any atom is -0.330 e. The lowest BCUT2D eigenvalue weighted by molar-refractivity contribution is -0.134. The third-order valence-corrected chi connectivity index (χ3v) is 7.68. The Labute approximate surface area is 208 Å². The SMILES string of the molecule is CC(C)N(CC(=O)N1CCc2sccc2C1c1ccc(F)cc1)C(=O)c1cccc2ccccc12. The van der Waals surface area contributed by atoms with Crippen LogP contribution in [0.4, 0.5) is 4.39 Å². The largest absolute Gasteiger partial charge is 0.330 e. The summed E-state index contributed by atoms with van der Waals surface area (Å²) in [6, 6.07) is 21.4. The van der Waals surface area contributed by atoms with Gasteiger partial charge >= 0.3 is 0 Å². The van der Waals surface area contributed by atoms with Crippen molar-refractivity contribution in [3.8, 4) is 0 Å². The van der Waals surface area contributed by atoms with Gasteiger partial charge in [0.2, 0.25) is 5.91 Å². The zero-order valence-electron chi connectivity index (χ0n) is 19.8. The predicted molar refractivity (Wildman–Crippen MR) is 138 cm³/mol. The fourth-order valence-corrected chi connectivity index (χ4v) is 5.79. The second-order valence-electron chi connectivity index (χ2n) is 9.14. The molecule has 4 aromatic rings. The van der Waals surface area contributed by atoms with Gasteiger partial charge in [0.1, 0.15) is 12.4 Å². The fraction of sp³-hybridized carbons (Fsp3) is 0.241. The van der Waals surface area contributed by atoms with Crippen LogP contribution in [-0.4, -0.2) is 40.7 Å². The second-order valence-corrected chi connectivity index (χ2v) is 10.1. The minimum atomic E-state index is -0.306. The van der Waals surface area contributed by atoms with Gasteiger partial charge in [0.15, 0.2) is 0 Å². The molecule has 5 rings (SSSR count). The first-order valence-electron chi connectivity index (χ1n) is 11.8. The Morgan fingerprint density at radius 3 is 2.54 bits per heavy atom. The third kappa shape index (κ3) is 4.46. The lowest BCUT2D eigenvalue weighted by Crippen LogP contribution is -2.48. The Hall–Kier alpha value is -3.51. The number of amides is 2. The summed E-state index contributed by atoms with van der Waals surface area (Å²) in [4.78, 5) is 32.2. The van der Waals surface area contributed by atoms with E-state index < -0.39 is 0 Å². The molecule has 0 saturated carbocycles. The molecular formula is C29H27FN2O2S. The first-order valence-corrected chi connectivity index (χ1v) is 12.7. The molecule has 2 heterocycles. The molecule has 0 spiro atoms. The molecule has 178 valence electrons. The number of carbonyl (C=O) groups is 2. The summed E-state index contributed by atoms with van der Waals surface area (Å²) < 4.78 is 13.6. The maximum absolute atomic E-state index is 13.8. The molecule has 3 aromatic carbocycles. The van der Waals surface area contributed by atoms with Crippen LogP contribution in [0.1, 0.15) is 46.3 Å². The monoisotopic (exact) mass is 486 g/mol. The first kappa shape index (κ1) is 23.2. The van der Waals surface area contributed by atoms with Crippen LogP contribution in [0.5, 0.6) is 0 Å². The number of benzene rings is 3. The van der Waals surface area contributed by atoms with Crippen molar-refractivity contribution >= 4 is 33.9 Å². The molecule has 6 heteroatoms. The van der Waals surface area contributed by atoms with E-state index >= 15 is 0 Å². The molecule has 0 radical (unpaired) electrons. The summed E-state index contributed by atoms with van der Waals surface area (Å²) >= 11 is 1.69. The highest BCUT2D eigenvalue weighted by Crippen LogP contribution is 2.38. The van der Waals surface area contributed by atoms with Crippen LogP contribution < -0.4 is 0 Å². The van der Waals surface area contributed by atoms with E-state index in [0.29, 0.717) is 12.1 Å². The van der Waals surface area contributed by atoms with E-state index in [0.717, 1.165) is 28.3 Å². The molecule has 0 aliphatic carbocycles. The van der Waals surface area contributed by atoms with Gasteiger partial charge in [-0.3, -0.25) is 9.59 Å². The maximum Gasteiger partial charge on any atom is 0.255 e. The molecule has 0 N–H and O–H groups in total. The highest BCUT2D eigenvalue weighted by atomic mass is 32.1. The third-order valence-electron chi connectivity index (χ3n) is 6.68. The van der Waals surface area contributed by atoms with Gasteiger partial charge in [-0.05, 0) is 71.8 Å². The van der Waals surface area contributed by atoms with Crippen LogP contribution in [0.25, 0.3) is 10.8 Å². The quantitative estimate of drug-likeness (QED) is 0.344. The summed E-state index contributed by atoms with van der Waals surface area (Å²) in [5.74, 6) is -0.574. The number of hydrogen-bond donors (Lipinski definition) is 0. The molecule has 1 aromatic heterocycles. The van der Waals surface area contributed by atoms with Gasteiger partial charge in [0.25, 0.3) is 5.91 Å². The summed E-state index contributed by atoms with van der Waals surface area (Å²) in [5.41, 5.74) is 2.55. The van der Waals surface area contributed by atoms with Gasteiger partial charge in [0.05, 0.1) is 6.04 Å². The number of nitrogens with zero attached hydrogens (tertiary/aromatic N) is 2. The fourth-order valence-electron chi connectivity index (χ4n) is 4.88. The Bertz CT molecular complexity index is 1370. The van der Waals surface area contributed by atoms with E-state index in [2.05, 4.69) is 6.07 Å². The zero-order chi connectivity index (χ0) is 24.5. The molecule has 4 nitrogen and oxygen atoms in total. The topological polar surface area (TPSA) is 40.6 Å². The van der Waals surface area contributed by atoms with Crippen LogP contribution in [0.3, 0.4) is 0 Å². The highest BCUT2D eigenvalue weighted by Gasteiger charge is 2.34. The highest BCUT2D eigenvalue weighted by molar-refractivity contribution is 7.10. The Balaban J connectivity index is 1.46. The van der Waals surface area contributed by atoms with Crippen molar-refractivity contribution < 1.29 is 14.0 Å². The Kier molecular flexibility index (Phi) is 6.39. The molecule has 0 bridgehead atoms. The smallest absolute Gasteiger partial charge is 0.255 e. The number of halogens is 1. The van der Waals surface area contributed by atoms with Crippen molar-refractivity contribution in [1.82, 2.24) is 9.80 Å². The van der Waals surface area contributed by atoms with E-state index in [9.17, 15) is 14.0 Å². The van der Waals surface area contributed by atoms with Crippen molar-refractivity contribution in [2.24, 2.45) is 0 Å². The average Bonchev–Trinajstić information content (AvgIpc) is 3.35. The summed E-state index contributed by atoms with van der Waals surface area (Å²) in [7, 11) is 0. The standard InChI is InChI=1S/C29H27FN2O2S/c1-19(2)32(29(34)24-9-5-7-20-6-3-4-8-23(20)24)18-27(33)31-16-14-26-25(15-17-35-26)28(31)21-10-12-22(30)13-11-21/h3-13,15,17,19,28H,14,16,18H2,1-2H3. The van der Waals surface area contributed by atoms with Crippen LogP contribution in [-0.2, 0) is 11.2 Å². The van der Waals surface area contributed by atoms with Crippen LogP contribution in [0.15, 0.2) is 78.2 Å². The minimum absolute atomic E-state index is 0.0170. The summed E-state index contributed by atoms with van der Waals surface area (Å²) in [5, 5.41) is 3.91. The lowest BCUT2D eigenvalue weighted by Gasteiger charge is -2.38. The molecule has 1 unspecified atom stereocenters. The van der Waals surface area contributed by atoms with Gasteiger partial charge in [0, 0.05) is 23.0 Å². The first-order chi connectivity index (χ1) is 16.9. The van der Waals surface area contributed by atoms with E-state index in [-0.39, 0.29) is 36.3 Å². The van der Waals surface area contributed by atoms with Crippen molar-refractivity contribution in [1.29, 1.82) is 0 Å². The van der Waals surface area contributed by atoms with Crippen molar-refractivity contribution in [2.45, 2.75) is 32.4 Å². The second kappa shape index (κ2) is 9.62. The normalized spacial score (nSPS) is 15.3. The van der Waals surface area contributed by atoms with Gasteiger partial charge in [-0.2, -0.15) is 0 Å². The molecule has 1 aliphatic rings. The zero-order valence-corrected chi connectivity index (χ0v) is 20.6. The Morgan fingerprint density at radius 2 is 1.77 bits per heavy atom. The molecule has 2 amide bonds. The summed E-state index contributed by atoms with van der Waals surface area (Å²) in [6.45, 7) is 4.40. The number of carbonyl (C=O) groups excluding carboxylic acids is 2. The molecule has 0 fully saturated rings. The van der Waals surface area contributed by atoms with E-state index in [1.165, 1.54) is 17.0 Å². The molecule has 1 atom stereocenters. The van der Waals surface area contributed by atoms with Gasteiger partial charge in [-0.1, -0.05) is 48.5 Å². The van der Waals surface area contributed by atoms with Crippen LogP contribution in [0.2, 0.25) is 0 Å². The van der Waals surface area contributed by atoms with E-state index in [4.69, 9.17) is 0 Å². The average molecular weight is 487 g/mol. The lowest BCUT2D eigenvalue weighted by atomic mass is 9.93. The van der Waals surface area contributed by atoms with Crippen molar-refractivity contribution in [3.05, 3.63) is 106 Å².